The van der Waals surface area contributed by atoms with Crippen molar-refractivity contribution in [3.8, 4) is 23.0 Å². The maximum absolute atomic E-state index is 6.23. The molecule has 0 heterocycles. The summed E-state index contributed by atoms with van der Waals surface area (Å²) in [6.07, 6.45) is 1.70. The van der Waals surface area contributed by atoms with Gasteiger partial charge in [0.2, 0.25) is 0 Å². The Morgan fingerprint density at radius 3 is 1.66 bits per heavy atom. The molecule has 3 nitrogen and oxygen atoms in total. The summed E-state index contributed by atoms with van der Waals surface area (Å²) >= 11 is 0. The Labute approximate surface area is 206 Å². The first-order chi connectivity index (χ1) is 17.3. The second kappa shape index (κ2) is 11.3. The molecule has 0 radical (unpaired) electrons. The first-order valence-electron chi connectivity index (χ1n) is 12.0. The molecule has 0 atom stereocenters. The van der Waals surface area contributed by atoms with Gasteiger partial charge in [0.25, 0.3) is 0 Å². The minimum absolute atomic E-state index is 0.571. The highest BCUT2D eigenvalue weighted by Gasteiger charge is 2.11. The zero-order valence-corrected chi connectivity index (χ0v) is 19.6. The van der Waals surface area contributed by atoms with Gasteiger partial charge < -0.3 is 14.2 Å². The van der Waals surface area contributed by atoms with Crippen molar-refractivity contribution in [1.82, 2.24) is 0 Å². The summed E-state index contributed by atoms with van der Waals surface area (Å²) in [5, 5.41) is 2.12. The Balaban J connectivity index is 1.34. The van der Waals surface area contributed by atoms with E-state index in [4.69, 9.17) is 14.2 Å². The number of benzene rings is 5. The number of rotatable bonds is 10. The van der Waals surface area contributed by atoms with Crippen LogP contribution >= 0.6 is 0 Å². The fourth-order valence-electron chi connectivity index (χ4n) is 3.99. The van der Waals surface area contributed by atoms with Gasteiger partial charge >= 0.3 is 0 Å². The lowest BCUT2D eigenvalue weighted by atomic mass is 10.1. The number of hydrogen-bond donors (Lipinski definition) is 0. The van der Waals surface area contributed by atoms with Gasteiger partial charge in [-0.2, -0.15) is 0 Å². The molecule has 0 bridgehead atoms. The minimum atomic E-state index is 0.571. The van der Waals surface area contributed by atoms with Crippen molar-refractivity contribution >= 4 is 10.8 Å². The van der Waals surface area contributed by atoms with Crippen LogP contribution in [0, 0.1) is 0 Å². The summed E-state index contributed by atoms with van der Waals surface area (Å²) in [6, 6.07) is 40.8. The van der Waals surface area contributed by atoms with Crippen LogP contribution in [0.3, 0.4) is 0 Å². The monoisotopic (exact) mass is 460 g/mol. The predicted molar refractivity (Wildman–Crippen MR) is 142 cm³/mol. The topological polar surface area (TPSA) is 27.7 Å². The maximum Gasteiger partial charge on any atom is 0.169 e. The highest BCUT2D eigenvalue weighted by molar-refractivity contribution is 5.87. The molecule has 0 N–H and O–H groups in total. The highest BCUT2D eigenvalue weighted by Crippen LogP contribution is 2.37. The molecule has 0 saturated heterocycles. The van der Waals surface area contributed by atoms with Crippen LogP contribution in [-0.2, 0) is 12.8 Å². The molecule has 0 aromatic heterocycles. The molecule has 5 aromatic carbocycles. The summed E-state index contributed by atoms with van der Waals surface area (Å²) < 4.78 is 18.5. The summed E-state index contributed by atoms with van der Waals surface area (Å²) in [5.74, 6) is 3.04. The van der Waals surface area contributed by atoms with Crippen LogP contribution in [-0.4, -0.2) is 13.2 Å². The van der Waals surface area contributed by atoms with Crippen LogP contribution in [0.1, 0.15) is 11.1 Å². The van der Waals surface area contributed by atoms with Gasteiger partial charge in [-0.3, -0.25) is 0 Å². The van der Waals surface area contributed by atoms with E-state index in [1.54, 1.807) is 0 Å². The van der Waals surface area contributed by atoms with E-state index in [0.29, 0.717) is 19.0 Å². The van der Waals surface area contributed by atoms with Gasteiger partial charge in [0.05, 0.1) is 13.2 Å². The Morgan fingerprint density at radius 2 is 1.00 bits per heavy atom. The van der Waals surface area contributed by atoms with Crippen molar-refractivity contribution in [3.05, 3.63) is 132 Å². The third-order valence-corrected chi connectivity index (χ3v) is 5.84. The summed E-state index contributed by atoms with van der Waals surface area (Å²) in [7, 11) is 0. The van der Waals surface area contributed by atoms with Crippen LogP contribution in [0.2, 0.25) is 0 Å². The van der Waals surface area contributed by atoms with Crippen molar-refractivity contribution < 1.29 is 14.2 Å². The largest absolute Gasteiger partial charge is 0.493 e. The molecule has 174 valence electrons. The molecule has 5 aromatic rings. The SMILES string of the molecule is c1ccc(CCOc2ccc3cc(OCCc4ccccc4)c(Oc4ccccc4)cc3c2)cc1. The molecule has 0 fully saturated rings. The smallest absolute Gasteiger partial charge is 0.169 e. The Bertz CT molecular complexity index is 1350. The molecule has 0 amide bonds. The third kappa shape index (κ3) is 6.21. The Hall–Kier alpha value is -4.24. The van der Waals surface area contributed by atoms with Crippen LogP contribution in [0.5, 0.6) is 23.0 Å². The van der Waals surface area contributed by atoms with Gasteiger partial charge in [-0.05, 0) is 58.3 Å². The zero-order chi connectivity index (χ0) is 23.7. The van der Waals surface area contributed by atoms with E-state index in [1.807, 2.05) is 60.7 Å². The molecule has 3 heteroatoms. The Morgan fingerprint density at radius 1 is 0.429 bits per heavy atom. The van der Waals surface area contributed by atoms with Crippen molar-refractivity contribution in [2.75, 3.05) is 13.2 Å². The zero-order valence-electron chi connectivity index (χ0n) is 19.6. The van der Waals surface area contributed by atoms with Crippen LogP contribution < -0.4 is 14.2 Å². The van der Waals surface area contributed by atoms with Gasteiger partial charge in [-0.1, -0.05) is 84.9 Å². The summed E-state index contributed by atoms with van der Waals surface area (Å²) in [6.45, 7) is 1.20. The van der Waals surface area contributed by atoms with E-state index in [0.717, 1.165) is 40.9 Å². The number of para-hydroxylation sites is 1. The molecule has 0 saturated carbocycles. The van der Waals surface area contributed by atoms with Crippen LogP contribution in [0.4, 0.5) is 0 Å². The lowest BCUT2D eigenvalue weighted by molar-refractivity contribution is 0.306. The van der Waals surface area contributed by atoms with E-state index in [1.165, 1.54) is 11.1 Å². The van der Waals surface area contributed by atoms with E-state index in [2.05, 4.69) is 60.7 Å². The van der Waals surface area contributed by atoms with Crippen molar-refractivity contribution in [1.29, 1.82) is 0 Å². The average Bonchev–Trinajstić information content (AvgIpc) is 2.91. The maximum atomic E-state index is 6.23. The first-order valence-corrected chi connectivity index (χ1v) is 12.0. The number of fused-ring (bicyclic) bond motifs is 1. The predicted octanol–water partition coefficient (Wildman–Crippen LogP) is 7.88. The molecule has 0 unspecified atom stereocenters. The van der Waals surface area contributed by atoms with Crippen LogP contribution in [0.25, 0.3) is 10.8 Å². The van der Waals surface area contributed by atoms with Crippen molar-refractivity contribution in [2.24, 2.45) is 0 Å². The molecular formula is C32H28O3. The normalized spacial score (nSPS) is 10.7. The highest BCUT2D eigenvalue weighted by atomic mass is 16.5. The van der Waals surface area contributed by atoms with Gasteiger partial charge in [-0.15, -0.1) is 0 Å². The van der Waals surface area contributed by atoms with E-state index < -0.39 is 0 Å². The van der Waals surface area contributed by atoms with Gasteiger partial charge in [0, 0.05) is 12.8 Å². The number of ether oxygens (including phenoxy) is 3. The fraction of sp³-hybridized carbons (Fsp3) is 0.125. The van der Waals surface area contributed by atoms with E-state index in [-0.39, 0.29) is 0 Å². The quantitative estimate of drug-likeness (QED) is 0.212. The van der Waals surface area contributed by atoms with Gasteiger partial charge in [0.15, 0.2) is 11.5 Å². The van der Waals surface area contributed by atoms with E-state index in [9.17, 15) is 0 Å². The molecular weight excluding hydrogens is 432 g/mol. The summed E-state index contributed by atoms with van der Waals surface area (Å²) in [4.78, 5) is 0. The van der Waals surface area contributed by atoms with Gasteiger partial charge in [0.1, 0.15) is 11.5 Å². The lowest BCUT2D eigenvalue weighted by Crippen LogP contribution is -2.03. The molecule has 5 rings (SSSR count). The fourth-order valence-corrected chi connectivity index (χ4v) is 3.99. The van der Waals surface area contributed by atoms with Crippen molar-refractivity contribution in [3.63, 3.8) is 0 Å². The van der Waals surface area contributed by atoms with Crippen molar-refractivity contribution in [2.45, 2.75) is 12.8 Å². The van der Waals surface area contributed by atoms with E-state index >= 15 is 0 Å². The standard InChI is InChI=1S/C32H28O3/c1-4-10-25(11-5-1)18-20-33-30-17-16-27-23-31(34-21-19-26-12-6-2-7-13-26)32(24-28(27)22-30)35-29-14-8-3-9-15-29/h1-17,22-24H,18-21H2. The third-order valence-electron chi connectivity index (χ3n) is 5.84. The molecule has 0 aliphatic heterocycles. The molecule has 0 aliphatic rings. The molecule has 0 spiro atoms. The second-order valence-corrected chi connectivity index (χ2v) is 8.39. The molecule has 35 heavy (non-hydrogen) atoms. The number of hydrogen-bond acceptors (Lipinski definition) is 3. The van der Waals surface area contributed by atoms with Gasteiger partial charge in [-0.25, -0.2) is 0 Å². The lowest BCUT2D eigenvalue weighted by Gasteiger charge is -2.15. The van der Waals surface area contributed by atoms with Crippen LogP contribution in [0.15, 0.2) is 121 Å². The second-order valence-electron chi connectivity index (χ2n) is 8.39. The Kier molecular flexibility index (Phi) is 7.25. The molecule has 0 aliphatic carbocycles. The average molecular weight is 461 g/mol. The minimum Gasteiger partial charge on any atom is -0.493 e. The first kappa shape index (κ1) is 22.5. The summed E-state index contributed by atoms with van der Waals surface area (Å²) in [5.41, 5.74) is 2.51.